The summed E-state index contributed by atoms with van der Waals surface area (Å²) in [6.45, 7) is 2.14. The molecule has 1 aliphatic rings. The number of hydrogen-bond donors (Lipinski definition) is 1. The molecule has 1 aromatic heterocycles. The molecule has 1 fully saturated rings. The zero-order valence-electron chi connectivity index (χ0n) is 15.6. The van der Waals surface area contributed by atoms with Crippen molar-refractivity contribution in [2.45, 2.75) is 19.3 Å². The van der Waals surface area contributed by atoms with Crippen molar-refractivity contribution in [1.29, 1.82) is 5.26 Å². The van der Waals surface area contributed by atoms with Gasteiger partial charge in [-0.05, 0) is 37.5 Å². The highest BCUT2D eigenvalue weighted by molar-refractivity contribution is 5.63. The maximum Gasteiger partial charge on any atom is 0.233 e. The summed E-state index contributed by atoms with van der Waals surface area (Å²) in [6.07, 6.45) is 4.28. The molecule has 0 spiro atoms. The van der Waals surface area contributed by atoms with Gasteiger partial charge in [-0.1, -0.05) is 18.2 Å². The predicted octanol–water partition coefficient (Wildman–Crippen LogP) is 3.01. The lowest BCUT2D eigenvalue weighted by Gasteiger charge is -2.43. The molecule has 1 unspecified atom stereocenters. The number of pyridine rings is 1. The van der Waals surface area contributed by atoms with E-state index in [1.54, 1.807) is 6.20 Å². The van der Waals surface area contributed by atoms with Gasteiger partial charge in [-0.15, -0.1) is 0 Å². The van der Waals surface area contributed by atoms with Crippen LogP contribution in [0.1, 0.15) is 24.8 Å². The van der Waals surface area contributed by atoms with Crippen molar-refractivity contribution in [3.63, 3.8) is 0 Å². The van der Waals surface area contributed by atoms with Gasteiger partial charge in [0.1, 0.15) is 17.4 Å². The minimum Gasteiger partial charge on any atom is -0.494 e. The smallest absolute Gasteiger partial charge is 0.233 e. The van der Waals surface area contributed by atoms with Crippen molar-refractivity contribution >= 4 is 5.69 Å². The van der Waals surface area contributed by atoms with E-state index in [2.05, 4.69) is 16.0 Å². The van der Waals surface area contributed by atoms with Crippen LogP contribution in [0.5, 0.6) is 11.6 Å². The molecular formula is C21H25N3O3. The maximum absolute atomic E-state index is 10.1. The highest BCUT2D eigenvalue weighted by atomic mass is 16.5. The lowest BCUT2D eigenvalue weighted by atomic mass is 9.77. The molecule has 1 atom stereocenters. The fourth-order valence-corrected chi connectivity index (χ4v) is 3.68. The number of rotatable bonds is 7. The average Bonchev–Trinajstić information content (AvgIpc) is 2.74. The SMILES string of the molecule is COc1nccc(N2CCCC(CO)(CCOc3ccccc3)C2)c1C#N. The Balaban J connectivity index is 1.72. The topological polar surface area (TPSA) is 78.6 Å². The van der Waals surface area contributed by atoms with Gasteiger partial charge >= 0.3 is 0 Å². The molecule has 0 radical (unpaired) electrons. The Morgan fingerprint density at radius 3 is 2.81 bits per heavy atom. The van der Waals surface area contributed by atoms with Crippen LogP contribution in [-0.4, -0.2) is 43.5 Å². The van der Waals surface area contributed by atoms with Gasteiger partial charge in [0.2, 0.25) is 5.88 Å². The second-order valence-corrected chi connectivity index (χ2v) is 6.92. The summed E-state index contributed by atoms with van der Waals surface area (Å²) in [6, 6.07) is 13.8. The van der Waals surface area contributed by atoms with E-state index in [-0.39, 0.29) is 12.0 Å². The van der Waals surface area contributed by atoms with Crippen LogP contribution in [0.25, 0.3) is 0 Å². The molecule has 3 rings (SSSR count). The predicted molar refractivity (Wildman–Crippen MR) is 103 cm³/mol. The van der Waals surface area contributed by atoms with Gasteiger partial charge in [0.25, 0.3) is 0 Å². The largest absolute Gasteiger partial charge is 0.494 e. The van der Waals surface area contributed by atoms with Crippen LogP contribution in [0, 0.1) is 16.7 Å². The Kier molecular flexibility index (Phi) is 6.15. The molecule has 6 nitrogen and oxygen atoms in total. The van der Waals surface area contributed by atoms with Crippen LogP contribution in [0.2, 0.25) is 0 Å². The molecule has 27 heavy (non-hydrogen) atoms. The van der Waals surface area contributed by atoms with E-state index >= 15 is 0 Å². The second kappa shape index (κ2) is 8.74. The summed E-state index contributed by atoms with van der Waals surface area (Å²) >= 11 is 0. The van der Waals surface area contributed by atoms with Gasteiger partial charge in [-0.2, -0.15) is 5.26 Å². The summed E-state index contributed by atoms with van der Waals surface area (Å²) in [5, 5.41) is 19.7. The zero-order valence-corrected chi connectivity index (χ0v) is 15.6. The molecule has 0 aliphatic carbocycles. The van der Waals surface area contributed by atoms with Gasteiger partial charge in [-0.3, -0.25) is 0 Å². The second-order valence-electron chi connectivity index (χ2n) is 6.92. The summed E-state index contributed by atoms with van der Waals surface area (Å²) in [7, 11) is 1.52. The van der Waals surface area contributed by atoms with E-state index in [1.165, 1.54) is 7.11 Å². The number of methoxy groups -OCH3 is 1. The van der Waals surface area contributed by atoms with Crippen LogP contribution in [0.15, 0.2) is 42.6 Å². The van der Waals surface area contributed by atoms with E-state index in [4.69, 9.17) is 9.47 Å². The molecule has 1 aromatic carbocycles. The lowest BCUT2D eigenvalue weighted by molar-refractivity contribution is 0.0794. The summed E-state index contributed by atoms with van der Waals surface area (Å²) in [5.41, 5.74) is 0.996. The quantitative estimate of drug-likeness (QED) is 0.810. The third kappa shape index (κ3) is 4.32. The van der Waals surface area contributed by atoms with Crippen molar-refractivity contribution in [1.82, 2.24) is 4.98 Å². The first-order valence-corrected chi connectivity index (χ1v) is 9.18. The summed E-state index contributed by atoms with van der Waals surface area (Å²) < 4.78 is 11.1. The Hall–Kier alpha value is -2.78. The standard InChI is InChI=1S/C21H25N3O3/c1-26-20-18(14-22)19(8-11-23-20)24-12-5-9-21(15-24,16-25)10-13-27-17-6-3-2-4-7-17/h2-4,6-8,11,25H,5,9-10,12-13,15-16H2,1H3. The van der Waals surface area contributed by atoms with Crippen molar-refractivity contribution in [3.8, 4) is 17.7 Å². The van der Waals surface area contributed by atoms with E-state index in [1.807, 2.05) is 36.4 Å². The molecule has 0 bridgehead atoms. The number of nitriles is 1. The van der Waals surface area contributed by atoms with E-state index in [9.17, 15) is 10.4 Å². The molecule has 2 aromatic rings. The third-order valence-corrected chi connectivity index (χ3v) is 5.18. The molecule has 1 aliphatic heterocycles. The van der Waals surface area contributed by atoms with Gasteiger partial charge in [0.15, 0.2) is 0 Å². The number of hydrogen-bond acceptors (Lipinski definition) is 6. The van der Waals surface area contributed by atoms with Gasteiger partial charge in [0.05, 0.1) is 26.0 Å². The summed E-state index contributed by atoms with van der Waals surface area (Å²) in [4.78, 5) is 6.28. The van der Waals surface area contributed by atoms with Gasteiger partial charge in [0, 0.05) is 24.7 Å². The van der Waals surface area contributed by atoms with Crippen molar-refractivity contribution in [2.24, 2.45) is 5.41 Å². The maximum atomic E-state index is 10.1. The fourth-order valence-electron chi connectivity index (χ4n) is 3.68. The number of aliphatic hydroxyl groups excluding tert-OH is 1. The minimum atomic E-state index is -0.254. The first-order valence-electron chi connectivity index (χ1n) is 9.18. The fraction of sp³-hybridized carbons (Fsp3) is 0.429. The van der Waals surface area contributed by atoms with Crippen LogP contribution >= 0.6 is 0 Å². The Bertz CT molecular complexity index is 791. The number of benzene rings is 1. The number of aliphatic hydroxyl groups is 1. The molecule has 1 N–H and O–H groups in total. The third-order valence-electron chi connectivity index (χ3n) is 5.18. The van der Waals surface area contributed by atoms with Gasteiger partial charge in [-0.25, -0.2) is 4.98 Å². The Morgan fingerprint density at radius 1 is 1.30 bits per heavy atom. The molecule has 2 heterocycles. The Labute approximate surface area is 160 Å². The number of anilines is 1. The highest BCUT2D eigenvalue weighted by Gasteiger charge is 2.36. The van der Waals surface area contributed by atoms with Crippen LogP contribution in [0.4, 0.5) is 5.69 Å². The first-order chi connectivity index (χ1) is 13.2. The molecule has 0 amide bonds. The van der Waals surface area contributed by atoms with Crippen molar-refractivity contribution in [3.05, 3.63) is 48.2 Å². The average molecular weight is 367 g/mol. The normalized spacial score (nSPS) is 19.4. The molecule has 6 heteroatoms. The highest BCUT2D eigenvalue weighted by Crippen LogP contribution is 2.37. The Morgan fingerprint density at radius 2 is 2.11 bits per heavy atom. The number of aromatic nitrogens is 1. The van der Waals surface area contributed by atoms with Crippen LogP contribution < -0.4 is 14.4 Å². The molecular weight excluding hydrogens is 342 g/mol. The van der Waals surface area contributed by atoms with E-state index in [0.717, 1.165) is 37.2 Å². The van der Waals surface area contributed by atoms with Crippen LogP contribution in [-0.2, 0) is 0 Å². The van der Waals surface area contributed by atoms with Crippen molar-refractivity contribution in [2.75, 3.05) is 38.3 Å². The molecule has 142 valence electrons. The first kappa shape index (κ1) is 19.0. The number of piperidine rings is 1. The number of nitrogens with zero attached hydrogens (tertiary/aromatic N) is 3. The lowest BCUT2D eigenvalue weighted by Crippen LogP contribution is -2.46. The van der Waals surface area contributed by atoms with Gasteiger partial charge < -0.3 is 19.5 Å². The van der Waals surface area contributed by atoms with Crippen molar-refractivity contribution < 1.29 is 14.6 Å². The monoisotopic (exact) mass is 367 g/mol. The van der Waals surface area contributed by atoms with E-state index in [0.29, 0.717) is 24.6 Å². The number of ether oxygens (including phenoxy) is 2. The minimum absolute atomic E-state index is 0.0890. The van der Waals surface area contributed by atoms with Crippen LogP contribution in [0.3, 0.4) is 0 Å². The molecule has 0 saturated carbocycles. The molecule has 1 saturated heterocycles. The number of para-hydroxylation sites is 1. The zero-order chi connectivity index (χ0) is 19.1. The van der Waals surface area contributed by atoms with E-state index < -0.39 is 0 Å². The summed E-state index contributed by atoms with van der Waals surface area (Å²) in [5.74, 6) is 1.17.